The van der Waals surface area contributed by atoms with E-state index in [1.165, 1.54) is 23.6 Å². The van der Waals surface area contributed by atoms with Crippen molar-refractivity contribution >= 4 is 114 Å². The highest BCUT2D eigenvalue weighted by Gasteiger charge is 2.41. The zero-order valence-electron chi connectivity index (χ0n) is 54.9. The highest BCUT2D eigenvalue weighted by Crippen LogP contribution is 2.21. The Morgan fingerprint density at radius 1 is 0.549 bits per heavy atom. The van der Waals surface area contributed by atoms with Gasteiger partial charge in [0.05, 0.1) is 25.2 Å². The predicted octanol–water partition coefficient (Wildman–Crippen LogP) is -2.05. The van der Waals surface area contributed by atoms with E-state index in [2.05, 4.69) is 83.7 Å². The second-order valence-corrected chi connectivity index (χ2v) is 26.1. The lowest BCUT2D eigenvalue weighted by Crippen LogP contribution is -2.61. The van der Waals surface area contributed by atoms with Crippen molar-refractivity contribution in [3.8, 4) is 0 Å². The summed E-state index contributed by atoms with van der Waals surface area (Å²) in [4.78, 5) is 177. The van der Waals surface area contributed by atoms with Crippen molar-refractivity contribution in [3.63, 3.8) is 0 Å². The third-order valence-electron chi connectivity index (χ3n) is 15.4. The number of aliphatic carboxylic acids is 1. The van der Waals surface area contributed by atoms with E-state index in [0.717, 1.165) is 0 Å². The zero-order valence-corrected chi connectivity index (χ0v) is 57.5. The average molecular weight is 1350 g/mol. The monoisotopic (exact) mass is 1350 g/mol. The topological polar surface area (TPSA) is 450 Å². The molecule has 1 rings (SSSR count). The van der Waals surface area contributed by atoms with Gasteiger partial charge in [0.2, 0.25) is 70.9 Å². The summed E-state index contributed by atoms with van der Waals surface area (Å²) in [7, 11) is 0. The van der Waals surface area contributed by atoms with E-state index in [1.54, 1.807) is 61.6 Å². The molecule has 1 fully saturated rings. The zero-order chi connectivity index (χ0) is 69.4. The van der Waals surface area contributed by atoms with Gasteiger partial charge >= 0.3 is 5.97 Å². The van der Waals surface area contributed by atoms with E-state index in [-0.39, 0.29) is 55.6 Å². The van der Waals surface area contributed by atoms with Gasteiger partial charge in [-0.25, -0.2) is 4.79 Å². The van der Waals surface area contributed by atoms with Crippen molar-refractivity contribution in [2.45, 2.75) is 213 Å². The summed E-state index contributed by atoms with van der Waals surface area (Å²) in [6.07, 6.45) is 3.79. The number of carbonyl (C=O) groups excluding carboxylic acids is 12. The Labute approximate surface area is 551 Å². The van der Waals surface area contributed by atoms with Gasteiger partial charge in [-0.15, -0.1) is 0 Å². The van der Waals surface area contributed by atoms with E-state index in [4.69, 9.17) is 11.5 Å². The van der Waals surface area contributed by atoms with Crippen LogP contribution in [-0.4, -0.2) is 214 Å². The summed E-state index contributed by atoms with van der Waals surface area (Å²) < 4.78 is 0. The highest BCUT2D eigenvalue weighted by atomic mass is 32.2. The molecule has 1 aliphatic rings. The van der Waals surface area contributed by atoms with Crippen molar-refractivity contribution in [2.24, 2.45) is 41.1 Å². The number of amides is 12. The first-order chi connectivity index (χ1) is 42.7. The lowest BCUT2D eigenvalue weighted by molar-refractivity contribution is -0.143. The summed E-state index contributed by atoms with van der Waals surface area (Å²) in [5.41, 5.74) is 11.6. The molecule has 0 aromatic carbocycles. The summed E-state index contributed by atoms with van der Waals surface area (Å²) in [5, 5.41) is 48.4. The van der Waals surface area contributed by atoms with Crippen molar-refractivity contribution in [3.05, 3.63) is 0 Å². The van der Waals surface area contributed by atoms with Gasteiger partial charge in [0.1, 0.15) is 60.4 Å². The van der Waals surface area contributed by atoms with Crippen molar-refractivity contribution < 1.29 is 72.5 Å². The molecule has 0 aromatic heterocycles. The summed E-state index contributed by atoms with van der Waals surface area (Å²) in [6.45, 7) is 17.9. The normalized spacial score (nSPS) is 17.4. The van der Waals surface area contributed by atoms with E-state index < -0.39 is 180 Å². The Morgan fingerprint density at radius 2 is 1.00 bits per heavy atom. The van der Waals surface area contributed by atoms with E-state index in [1.807, 2.05) is 13.8 Å². The molecule has 32 heteroatoms. The number of carboxylic acids is 1. The maximum Gasteiger partial charge on any atom is 0.327 e. The molecule has 0 bridgehead atoms. The van der Waals surface area contributed by atoms with Crippen molar-refractivity contribution in [1.29, 1.82) is 0 Å². The fourth-order valence-corrected chi connectivity index (χ4v) is 10.6. The molecule has 17 N–H and O–H groups in total. The number of hydrogen-bond donors (Lipinski definition) is 17. The highest BCUT2D eigenvalue weighted by molar-refractivity contribution is 7.98. The lowest BCUT2D eigenvalue weighted by Gasteiger charge is -2.32. The average Bonchev–Trinajstić information content (AvgIpc) is 1.86. The van der Waals surface area contributed by atoms with Gasteiger partial charge in [0.15, 0.2) is 0 Å². The number of nitrogens with zero attached hydrogens (tertiary/aromatic N) is 1. The van der Waals surface area contributed by atoms with Gasteiger partial charge < -0.3 is 85.1 Å². The number of carboxylic acid groups (broad SMARTS) is 1. The molecule has 0 spiro atoms. The Morgan fingerprint density at radius 3 is 1.48 bits per heavy atom. The number of thioether (sulfide) groups is 1. The minimum absolute atomic E-state index is 0.0281. The molecule has 1 saturated heterocycles. The molecular weight excluding hydrogens is 1240 g/mol. The van der Waals surface area contributed by atoms with Crippen LogP contribution in [0.5, 0.6) is 0 Å². The van der Waals surface area contributed by atoms with Crippen LogP contribution < -0.4 is 70.0 Å². The predicted molar refractivity (Wildman–Crippen MR) is 352 cm³/mol. The number of aliphatic hydroxyl groups excluding tert-OH is 1. The molecule has 1 aliphatic heterocycles. The Hall–Kier alpha value is -5.96. The number of nitrogens with one attached hydrogen (secondary N) is 11. The van der Waals surface area contributed by atoms with Gasteiger partial charge in [-0.1, -0.05) is 88.5 Å². The van der Waals surface area contributed by atoms with Crippen LogP contribution >= 0.6 is 37.0 Å². The molecule has 0 radical (unpaired) electrons. The fourth-order valence-electron chi connectivity index (χ4n) is 9.63. The van der Waals surface area contributed by atoms with Crippen LogP contribution in [0.4, 0.5) is 0 Å². The third-order valence-corrected chi connectivity index (χ3v) is 16.8. The van der Waals surface area contributed by atoms with Crippen LogP contribution in [0.15, 0.2) is 0 Å². The Bertz CT molecular complexity index is 2430. The molecule has 1 heterocycles. The van der Waals surface area contributed by atoms with Crippen molar-refractivity contribution in [1.82, 2.24) is 63.4 Å². The molecule has 12 amide bonds. The van der Waals surface area contributed by atoms with Crippen LogP contribution in [0.25, 0.3) is 0 Å². The Kier molecular flexibility index (Phi) is 39.3. The first-order valence-electron chi connectivity index (χ1n) is 31.4. The molecule has 0 unspecified atom stereocenters. The summed E-state index contributed by atoms with van der Waals surface area (Å²) in [6, 6.07) is -13.3. The standard InChI is InChI=1S/C59H106N14O15S3/c1-13-33(9)46(56(84)71-45(32(7)8)54(82)67-40(28-89)58(86)73-22-17-19-42(73)53(81)72-47(34(10)14-2)55(83)68-41(29-90)59(87)88)69-43(75)26-63-51(79)38(24-30(3)4)66-57(85)48(35(11)74)70-44(76)27-62-50(78)37(20-23-91-12)64-52(80)39(25-31(5)6)65-49(77)36(61)18-15-16-21-60/h30-42,45-48,74,89-90H,13-29,60-61H2,1-12H3,(H,62,78)(H,63,79)(H,64,80)(H,65,77)(H,66,85)(H,67,82)(H,68,83)(H,69,75)(H,70,76)(H,71,84)(H,72,81)(H,87,88)/t33-,34-,35+,36-,37-,38-,39-,40-,41-,42-,45-,46-,47-,48-/m0/s1. The Balaban J connectivity index is 3.15. The quantitative estimate of drug-likeness (QED) is 0.0231. The minimum Gasteiger partial charge on any atom is -0.480 e. The van der Waals surface area contributed by atoms with Crippen LogP contribution in [0.2, 0.25) is 0 Å². The maximum absolute atomic E-state index is 14.1. The van der Waals surface area contributed by atoms with E-state index in [9.17, 15) is 72.5 Å². The van der Waals surface area contributed by atoms with Crippen LogP contribution in [0.3, 0.4) is 0 Å². The second kappa shape index (κ2) is 43.0. The second-order valence-electron chi connectivity index (χ2n) is 24.4. The van der Waals surface area contributed by atoms with Crippen LogP contribution in [0.1, 0.15) is 140 Å². The fraction of sp³-hybridized carbons (Fsp3) is 0.780. The first-order valence-corrected chi connectivity index (χ1v) is 34.0. The summed E-state index contributed by atoms with van der Waals surface area (Å²) >= 11 is 9.74. The van der Waals surface area contributed by atoms with Gasteiger partial charge in [-0.05, 0) is 100 Å². The molecule has 0 aliphatic carbocycles. The molecule has 0 saturated carbocycles. The largest absolute Gasteiger partial charge is 0.480 e. The number of unbranched alkanes of at least 4 members (excludes halogenated alkanes) is 1. The van der Waals surface area contributed by atoms with Crippen LogP contribution in [-0.2, 0) is 62.3 Å². The SMILES string of the molecule is CC[C@H](C)[C@H](NC(=O)CNC(=O)[C@H](CC(C)C)NC(=O)[C@@H](NC(=O)CNC(=O)[C@H](CCSC)NC(=O)[C@H](CC(C)C)NC(=O)[C@@H](N)CCCCN)[C@@H](C)O)C(=O)N[C@H](C(=O)N[C@@H](CS)C(=O)N1CCC[C@H]1C(=O)N[C@H](C(=O)N[C@@H](CS)C(=O)O)[C@@H](C)CC)C(C)C. The van der Waals surface area contributed by atoms with E-state index in [0.29, 0.717) is 50.8 Å². The molecule has 14 atom stereocenters. The third kappa shape index (κ3) is 29.3. The molecule has 520 valence electrons. The number of hydrogen-bond acceptors (Lipinski definition) is 19. The smallest absolute Gasteiger partial charge is 0.327 e. The lowest BCUT2D eigenvalue weighted by atomic mass is 9.96. The van der Waals surface area contributed by atoms with Crippen molar-refractivity contribution in [2.75, 3.05) is 49.7 Å². The number of nitrogens with two attached hydrogens (primary N) is 2. The number of carbonyl (C=O) groups is 13. The molecule has 91 heavy (non-hydrogen) atoms. The van der Waals surface area contributed by atoms with Crippen LogP contribution in [0, 0.1) is 29.6 Å². The number of rotatable bonds is 43. The molecule has 29 nitrogen and oxygen atoms in total. The minimum atomic E-state index is -1.65. The molecular formula is C59H106N14O15S3. The number of aliphatic hydroxyl groups is 1. The van der Waals surface area contributed by atoms with E-state index >= 15 is 0 Å². The number of likely N-dealkylation sites (tertiary alicyclic amines) is 1. The first kappa shape index (κ1) is 83.1. The number of thiol groups is 2. The van der Waals surface area contributed by atoms with Gasteiger partial charge in [0, 0.05) is 18.1 Å². The van der Waals surface area contributed by atoms with Gasteiger partial charge in [-0.2, -0.15) is 37.0 Å². The van der Waals surface area contributed by atoms with Gasteiger partial charge in [0.25, 0.3) is 0 Å². The summed E-state index contributed by atoms with van der Waals surface area (Å²) in [5.74, 6) is -12.1. The maximum atomic E-state index is 14.1. The molecule has 0 aromatic rings. The van der Waals surface area contributed by atoms with Gasteiger partial charge in [-0.3, -0.25) is 57.5 Å².